The Morgan fingerprint density at radius 3 is 1.88 bits per heavy atom. The highest BCUT2D eigenvalue weighted by molar-refractivity contribution is 6.74. The van der Waals surface area contributed by atoms with Gasteiger partial charge in [-0.05, 0) is 20.3 Å². The van der Waals surface area contributed by atoms with Crippen molar-refractivity contribution >= 4 is 17.5 Å². The van der Waals surface area contributed by atoms with E-state index in [2.05, 4.69) is 45.4 Å². The molecule has 1 atom stereocenters. The minimum Gasteiger partial charge on any atom is -0.396 e. The lowest BCUT2D eigenvalue weighted by atomic mass is 10.3. The normalized spacial score (nSPS) is 14.4. The zero-order chi connectivity index (χ0) is 12.6. The van der Waals surface area contributed by atoms with Gasteiger partial charge >= 0.3 is 9.28 Å². The average molecular weight is 264 g/mol. The van der Waals surface area contributed by atoms with Crippen molar-refractivity contribution in [2.75, 3.05) is 13.2 Å². The zero-order valence-electron chi connectivity index (χ0n) is 11.8. The lowest BCUT2D eigenvalue weighted by molar-refractivity contribution is 0.201. The first kappa shape index (κ1) is 16.3. The number of rotatable bonds is 9. The molecule has 5 heteroatoms. The van der Waals surface area contributed by atoms with E-state index in [1.807, 2.05) is 0 Å². The molecular formula is C11H29NO2Si2. The molecule has 0 aliphatic carbocycles. The largest absolute Gasteiger partial charge is 0.396 e. The van der Waals surface area contributed by atoms with E-state index in [9.17, 15) is 0 Å². The molecule has 1 N–H and O–H groups in total. The van der Waals surface area contributed by atoms with Crippen molar-refractivity contribution in [2.24, 2.45) is 0 Å². The van der Waals surface area contributed by atoms with Gasteiger partial charge in [-0.1, -0.05) is 33.0 Å². The maximum atomic E-state index is 5.82. The molecule has 0 fully saturated rings. The van der Waals surface area contributed by atoms with Crippen LogP contribution in [-0.4, -0.2) is 36.4 Å². The Labute approximate surface area is 104 Å². The summed E-state index contributed by atoms with van der Waals surface area (Å²) in [5.41, 5.74) is 0.469. The van der Waals surface area contributed by atoms with Gasteiger partial charge in [0.15, 0.2) is 0 Å². The van der Waals surface area contributed by atoms with E-state index in [0.717, 1.165) is 13.2 Å². The number of hydrogen-bond donors (Lipinski definition) is 1. The van der Waals surface area contributed by atoms with Gasteiger partial charge < -0.3 is 13.8 Å². The predicted molar refractivity (Wildman–Crippen MR) is 75.6 cm³/mol. The SMILES string of the molecule is CCCC(N[Si](C)(C)C)[SiH](OCC)OCC. The second-order valence-electron chi connectivity index (χ2n) is 5.07. The van der Waals surface area contributed by atoms with Crippen LogP contribution in [0.3, 0.4) is 0 Å². The summed E-state index contributed by atoms with van der Waals surface area (Å²) in [4.78, 5) is 3.78. The summed E-state index contributed by atoms with van der Waals surface area (Å²) in [6, 6.07) is 0. The highest BCUT2D eigenvalue weighted by Gasteiger charge is 2.29. The van der Waals surface area contributed by atoms with Crippen molar-refractivity contribution in [3.8, 4) is 0 Å². The Balaban J connectivity index is 4.42. The van der Waals surface area contributed by atoms with Crippen LogP contribution in [0.2, 0.25) is 19.6 Å². The molecule has 0 amide bonds. The fourth-order valence-electron chi connectivity index (χ4n) is 1.75. The monoisotopic (exact) mass is 263 g/mol. The summed E-state index contributed by atoms with van der Waals surface area (Å²) in [5.74, 6) is 0. The van der Waals surface area contributed by atoms with Gasteiger partial charge in [-0.2, -0.15) is 0 Å². The molecule has 0 aromatic carbocycles. The molecule has 0 saturated carbocycles. The molecule has 1 unspecified atom stereocenters. The Bertz CT molecular complexity index is 168. The van der Waals surface area contributed by atoms with E-state index >= 15 is 0 Å². The first-order chi connectivity index (χ1) is 7.44. The van der Waals surface area contributed by atoms with Crippen LogP contribution in [0.15, 0.2) is 0 Å². The van der Waals surface area contributed by atoms with Crippen molar-refractivity contribution in [1.82, 2.24) is 4.98 Å². The molecule has 0 aromatic rings. The smallest absolute Gasteiger partial charge is 0.338 e. The summed E-state index contributed by atoms with van der Waals surface area (Å²) in [7, 11) is -2.80. The summed E-state index contributed by atoms with van der Waals surface area (Å²) < 4.78 is 11.6. The van der Waals surface area contributed by atoms with Crippen LogP contribution in [0, 0.1) is 0 Å². The van der Waals surface area contributed by atoms with Crippen molar-refractivity contribution in [1.29, 1.82) is 0 Å². The fraction of sp³-hybridized carbons (Fsp3) is 1.00. The molecule has 3 nitrogen and oxygen atoms in total. The van der Waals surface area contributed by atoms with Gasteiger partial charge in [-0.15, -0.1) is 0 Å². The second-order valence-corrected chi connectivity index (χ2v) is 12.1. The van der Waals surface area contributed by atoms with Crippen LogP contribution in [-0.2, 0) is 8.85 Å². The van der Waals surface area contributed by atoms with Gasteiger partial charge in [0.25, 0.3) is 0 Å². The van der Waals surface area contributed by atoms with Gasteiger partial charge in [-0.25, -0.2) is 0 Å². The summed E-state index contributed by atoms with van der Waals surface area (Å²) in [5, 5.41) is 0. The molecule has 0 aliphatic rings. The molecule has 0 aromatic heterocycles. The highest BCUT2D eigenvalue weighted by Crippen LogP contribution is 2.09. The lowest BCUT2D eigenvalue weighted by Crippen LogP contribution is -2.56. The van der Waals surface area contributed by atoms with E-state index in [4.69, 9.17) is 8.85 Å². The van der Waals surface area contributed by atoms with Gasteiger partial charge in [0.1, 0.15) is 8.24 Å². The van der Waals surface area contributed by atoms with Crippen molar-refractivity contribution in [2.45, 2.75) is 58.9 Å². The third-order valence-electron chi connectivity index (χ3n) is 2.21. The van der Waals surface area contributed by atoms with E-state index in [1.165, 1.54) is 12.8 Å². The first-order valence-electron chi connectivity index (χ1n) is 6.45. The standard InChI is InChI=1S/C11H29NO2Si2/c1-7-10-11(12-16(4,5)6)15(13-8-2)14-9-3/h11-12,15H,7-10H2,1-6H3. The highest BCUT2D eigenvalue weighted by atomic mass is 28.3. The number of nitrogens with one attached hydrogen (secondary N) is 1. The average Bonchev–Trinajstić information content (AvgIpc) is 2.15. The fourth-order valence-corrected chi connectivity index (χ4v) is 6.88. The van der Waals surface area contributed by atoms with E-state index in [-0.39, 0.29) is 0 Å². The van der Waals surface area contributed by atoms with Crippen molar-refractivity contribution in [3.63, 3.8) is 0 Å². The first-order valence-corrected chi connectivity index (χ1v) is 11.6. The van der Waals surface area contributed by atoms with Crippen LogP contribution in [0.5, 0.6) is 0 Å². The van der Waals surface area contributed by atoms with Crippen LogP contribution >= 0.6 is 0 Å². The van der Waals surface area contributed by atoms with Crippen LogP contribution in [0.25, 0.3) is 0 Å². The molecule has 0 heterocycles. The van der Waals surface area contributed by atoms with Gasteiger partial charge in [-0.3, -0.25) is 0 Å². The molecule has 0 radical (unpaired) electrons. The predicted octanol–water partition coefficient (Wildman–Crippen LogP) is 2.41. The molecule has 0 rings (SSSR count). The van der Waals surface area contributed by atoms with Crippen LogP contribution in [0.4, 0.5) is 0 Å². The summed E-state index contributed by atoms with van der Waals surface area (Å²) in [6.45, 7) is 14.9. The zero-order valence-corrected chi connectivity index (χ0v) is 14.0. The summed E-state index contributed by atoms with van der Waals surface area (Å²) in [6.07, 6.45) is 2.35. The van der Waals surface area contributed by atoms with Crippen molar-refractivity contribution in [3.05, 3.63) is 0 Å². The lowest BCUT2D eigenvalue weighted by Gasteiger charge is -2.31. The van der Waals surface area contributed by atoms with Gasteiger partial charge in [0.2, 0.25) is 0 Å². The van der Waals surface area contributed by atoms with Crippen LogP contribution < -0.4 is 4.98 Å². The molecule has 0 bridgehead atoms. The minimum absolute atomic E-state index is 0.469. The van der Waals surface area contributed by atoms with Crippen LogP contribution in [0.1, 0.15) is 33.6 Å². The topological polar surface area (TPSA) is 30.5 Å². The third kappa shape index (κ3) is 7.56. The van der Waals surface area contributed by atoms with Gasteiger partial charge in [0, 0.05) is 18.9 Å². The third-order valence-corrected chi connectivity index (χ3v) is 6.26. The molecule has 0 aliphatic heterocycles. The Hall–Kier alpha value is 0.314. The molecule has 98 valence electrons. The van der Waals surface area contributed by atoms with E-state index < -0.39 is 17.5 Å². The minimum atomic E-state index is -1.54. The molecular weight excluding hydrogens is 234 g/mol. The quantitative estimate of drug-likeness (QED) is 0.648. The number of hydrogen-bond acceptors (Lipinski definition) is 3. The Morgan fingerprint density at radius 2 is 1.56 bits per heavy atom. The molecule has 0 saturated heterocycles. The summed E-state index contributed by atoms with van der Waals surface area (Å²) >= 11 is 0. The maximum absolute atomic E-state index is 5.82. The maximum Gasteiger partial charge on any atom is 0.338 e. The molecule has 16 heavy (non-hydrogen) atoms. The van der Waals surface area contributed by atoms with E-state index in [0.29, 0.717) is 5.67 Å². The second kappa shape index (κ2) is 8.41. The van der Waals surface area contributed by atoms with E-state index in [1.54, 1.807) is 0 Å². The molecule has 0 spiro atoms. The Kier molecular flexibility index (Phi) is 8.58. The van der Waals surface area contributed by atoms with Crippen molar-refractivity contribution < 1.29 is 8.85 Å². The Morgan fingerprint density at radius 1 is 1.06 bits per heavy atom. The van der Waals surface area contributed by atoms with Gasteiger partial charge in [0.05, 0.1) is 0 Å².